The van der Waals surface area contributed by atoms with Crippen LogP contribution in [0.5, 0.6) is 0 Å². The van der Waals surface area contributed by atoms with E-state index in [4.69, 9.17) is 5.73 Å². The van der Waals surface area contributed by atoms with Crippen LogP contribution in [0.25, 0.3) is 32.9 Å². The Hall–Kier alpha value is -4.40. The molecule has 4 heterocycles. The average molecular weight is 410 g/mol. The first-order valence-corrected chi connectivity index (χ1v) is 9.66. The minimum absolute atomic E-state index is 0.150. The van der Waals surface area contributed by atoms with Crippen molar-refractivity contribution in [2.75, 3.05) is 11.1 Å². The van der Waals surface area contributed by atoms with Crippen molar-refractivity contribution in [3.05, 3.63) is 77.4 Å². The molecule has 0 saturated carbocycles. The molecule has 0 bridgehead atoms. The van der Waals surface area contributed by atoms with Crippen molar-refractivity contribution in [2.45, 2.75) is 13.0 Å². The number of anilines is 2. The number of fused-ring (bicyclic) bond motifs is 2. The quantitative estimate of drug-likeness (QED) is 0.411. The Morgan fingerprint density at radius 3 is 2.77 bits per heavy atom. The molecule has 4 N–H and O–H groups in total. The molecule has 5 rings (SSSR count). The Kier molecular flexibility index (Phi) is 4.47. The Morgan fingerprint density at radius 2 is 1.94 bits per heavy atom. The van der Waals surface area contributed by atoms with Gasteiger partial charge in [0.2, 0.25) is 5.95 Å². The molecule has 5 aromatic rings. The molecule has 0 aliphatic carbocycles. The van der Waals surface area contributed by atoms with E-state index in [2.05, 4.69) is 35.2 Å². The highest BCUT2D eigenvalue weighted by Crippen LogP contribution is 2.28. The molecule has 0 aliphatic rings. The first kappa shape index (κ1) is 18.6. The van der Waals surface area contributed by atoms with E-state index in [9.17, 15) is 4.79 Å². The molecular formula is C22H18N8O. The predicted octanol–water partition coefficient (Wildman–Crippen LogP) is 3.08. The van der Waals surface area contributed by atoms with Crippen LogP contribution in [0.15, 0.2) is 66.1 Å². The lowest BCUT2D eigenvalue weighted by Crippen LogP contribution is -2.17. The molecule has 0 aliphatic heterocycles. The molecule has 0 amide bonds. The van der Waals surface area contributed by atoms with Gasteiger partial charge in [-0.15, -0.1) is 0 Å². The molecule has 1 atom stereocenters. The van der Waals surface area contributed by atoms with Crippen molar-refractivity contribution in [3.63, 3.8) is 0 Å². The van der Waals surface area contributed by atoms with Crippen LogP contribution >= 0.6 is 0 Å². The van der Waals surface area contributed by atoms with Gasteiger partial charge in [-0.25, -0.2) is 15.0 Å². The number of aromatic nitrogens is 6. The summed E-state index contributed by atoms with van der Waals surface area (Å²) in [6.07, 6.45) is 6.51. The van der Waals surface area contributed by atoms with Gasteiger partial charge in [-0.1, -0.05) is 18.2 Å². The fourth-order valence-electron chi connectivity index (χ4n) is 3.62. The van der Waals surface area contributed by atoms with Gasteiger partial charge in [-0.05, 0) is 36.1 Å². The van der Waals surface area contributed by atoms with Crippen LogP contribution in [0.3, 0.4) is 0 Å². The van der Waals surface area contributed by atoms with E-state index in [1.54, 1.807) is 24.7 Å². The third-order valence-corrected chi connectivity index (χ3v) is 5.06. The summed E-state index contributed by atoms with van der Waals surface area (Å²) in [5.74, 6) is 0.656. The second kappa shape index (κ2) is 7.45. The first-order valence-electron chi connectivity index (χ1n) is 9.66. The molecule has 0 fully saturated rings. The van der Waals surface area contributed by atoms with E-state index < -0.39 is 0 Å². The lowest BCUT2D eigenvalue weighted by atomic mass is 10.0. The van der Waals surface area contributed by atoms with Gasteiger partial charge < -0.3 is 16.0 Å². The lowest BCUT2D eigenvalue weighted by Gasteiger charge is -2.17. The predicted molar refractivity (Wildman–Crippen MR) is 119 cm³/mol. The number of rotatable bonds is 4. The molecule has 152 valence electrons. The highest BCUT2D eigenvalue weighted by Gasteiger charge is 2.15. The maximum Gasteiger partial charge on any atom is 0.256 e. The van der Waals surface area contributed by atoms with Crippen molar-refractivity contribution in [2.24, 2.45) is 0 Å². The number of nitrogens with zero attached hydrogens (tertiary/aromatic N) is 5. The summed E-state index contributed by atoms with van der Waals surface area (Å²) in [4.78, 5) is 37.0. The van der Waals surface area contributed by atoms with Crippen LogP contribution in [-0.4, -0.2) is 29.9 Å². The van der Waals surface area contributed by atoms with Gasteiger partial charge in [0.15, 0.2) is 5.82 Å². The summed E-state index contributed by atoms with van der Waals surface area (Å²) in [7, 11) is 0. The van der Waals surface area contributed by atoms with E-state index in [-0.39, 0.29) is 17.5 Å². The third kappa shape index (κ3) is 3.42. The van der Waals surface area contributed by atoms with E-state index in [0.717, 1.165) is 16.5 Å². The number of nitrogens with one attached hydrogen (secondary N) is 2. The minimum atomic E-state index is -0.264. The lowest BCUT2D eigenvalue weighted by molar-refractivity contribution is 0.830. The fraction of sp³-hybridized carbons (Fsp3) is 0.0909. The number of nitrogens with two attached hydrogens (primary N) is 1. The maximum absolute atomic E-state index is 13.0. The number of hydrogen-bond acceptors (Lipinski definition) is 8. The number of pyridine rings is 2. The summed E-state index contributed by atoms with van der Waals surface area (Å²) < 4.78 is 0. The number of hydrogen-bond donors (Lipinski definition) is 3. The monoisotopic (exact) mass is 410 g/mol. The second-order valence-electron chi connectivity index (χ2n) is 7.12. The molecule has 9 heteroatoms. The first-order chi connectivity index (χ1) is 15.1. The largest absolute Gasteiger partial charge is 0.368 e. The van der Waals surface area contributed by atoms with Gasteiger partial charge in [0.1, 0.15) is 11.8 Å². The van der Waals surface area contributed by atoms with Gasteiger partial charge >= 0.3 is 0 Å². The van der Waals surface area contributed by atoms with Crippen LogP contribution in [0.4, 0.5) is 11.8 Å². The number of H-pyrrole nitrogens is 1. The fourth-order valence-corrected chi connectivity index (χ4v) is 3.62. The van der Waals surface area contributed by atoms with Gasteiger partial charge in [-0.2, -0.15) is 4.98 Å². The van der Waals surface area contributed by atoms with Gasteiger partial charge in [0.25, 0.3) is 5.56 Å². The molecule has 0 unspecified atom stereocenters. The van der Waals surface area contributed by atoms with E-state index >= 15 is 0 Å². The number of nitrogen functional groups attached to an aromatic ring is 1. The molecule has 0 radical (unpaired) electrons. The summed E-state index contributed by atoms with van der Waals surface area (Å²) in [5.41, 5.74) is 9.19. The normalized spacial score (nSPS) is 12.2. The van der Waals surface area contributed by atoms with Crippen molar-refractivity contribution < 1.29 is 0 Å². The summed E-state index contributed by atoms with van der Waals surface area (Å²) in [6, 6.07) is 11.0. The van der Waals surface area contributed by atoms with Crippen LogP contribution in [0, 0.1) is 0 Å². The molecule has 4 aromatic heterocycles. The zero-order chi connectivity index (χ0) is 21.4. The van der Waals surface area contributed by atoms with E-state index in [1.807, 2.05) is 37.3 Å². The highest BCUT2D eigenvalue weighted by molar-refractivity contribution is 5.96. The van der Waals surface area contributed by atoms with Gasteiger partial charge in [-0.3, -0.25) is 9.78 Å². The third-order valence-electron chi connectivity index (χ3n) is 5.06. The molecule has 1 aromatic carbocycles. The van der Waals surface area contributed by atoms with Gasteiger partial charge in [0.05, 0.1) is 16.9 Å². The molecule has 31 heavy (non-hydrogen) atoms. The smallest absolute Gasteiger partial charge is 0.256 e. The van der Waals surface area contributed by atoms with Crippen molar-refractivity contribution in [1.29, 1.82) is 0 Å². The van der Waals surface area contributed by atoms with Gasteiger partial charge in [0, 0.05) is 29.8 Å². The van der Waals surface area contributed by atoms with E-state index in [1.165, 1.54) is 6.33 Å². The summed E-state index contributed by atoms with van der Waals surface area (Å²) in [5, 5.41) is 4.70. The SMILES string of the molecule is C[C@H](Nc1nc(N)nc2cccnc12)c1cc2cccc(-c3cncnc3)c2c(=O)[nH]1. The highest BCUT2D eigenvalue weighted by atomic mass is 16.1. The Morgan fingerprint density at radius 1 is 1.10 bits per heavy atom. The van der Waals surface area contributed by atoms with Crippen LogP contribution in [0.2, 0.25) is 0 Å². The minimum Gasteiger partial charge on any atom is -0.368 e. The van der Waals surface area contributed by atoms with Crippen LogP contribution in [-0.2, 0) is 0 Å². The topological polar surface area (TPSA) is 135 Å². The van der Waals surface area contributed by atoms with Crippen molar-refractivity contribution in [1.82, 2.24) is 29.9 Å². The molecular weight excluding hydrogens is 392 g/mol. The molecule has 0 spiro atoms. The standard InChI is InChI=1S/C22H18N8O/c1-12(27-20-19-16(6-3-7-26-19)29-22(23)30-20)17-8-13-4-2-5-15(18(13)21(31)28-17)14-9-24-11-25-10-14/h2-12H,1H3,(H,28,31)(H3,23,27,29,30)/t12-/m0/s1. The zero-order valence-electron chi connectivity index (χ0n) is 16.6. The van der Waals surface area contributed by atoms with Crippen LogP contribution < -0.4 is 16.6 Å². The average Bonchev–Trinajstić information content (AvgIpc) is 2.79. The zero-order valence-corrected chi connectivity index (χ0v) is 16.6. The summed E-state index contributed by atoms with van der Waals surface area (Å²) >= 11 is 0. The van der Waals surface area contributed by atoms with Crippen molar-refractivity contribution in [3.8, 4) is 11.1 Å². The Bertz CT molecular complexity index is 1470. The van der Waals surface area contributed by atoms with Crippen LogP contribution in [0.1, 0.15) is 18.7 Å². The van der Waals surface area contributed by atoms with Crippen molar-refractivity contribution >= 4 is 33.6 Å². The summed E-state index contributed by atoms with van der Waals surface area (Å²) in [6.45, 7) is 1.93. The molecule has 9 nitrogen and oxygen atoms in total. The Labute approximate surface area is 176 Å². The Balaban J connectivity index is 1.57. The van der Waals surface area contributed by atoms with E-state index in [0.29, 0.717) is 27.9 Å². The molecule has 0 saturated heterocycles. The number of aromatic amines is 1. The second-order valence-corrected chi connectivity index (χ2v) is 7.12. The maximum atomic E-state index is 13.0. The number of benzene rings is 1.